The Kier molecular flexibility index (Phi) is 6.43. The summed E-state index contributed by atoms with van der Waals surface area (Å²) in [5.74, 6) is -2.53. The number of halogens is 2. The van der Waals surface area contributed by atoms with Gasteiger partial charge in [0.2, 0.25) is 15.9 Å². The lowest BCUT2D eigenvalue weighted by atomic mass is 10.2. The zero-order valence-electron chi connectivity index (χ0n) is 12.8. The summed E-state index contributed by atoms with van der Waals surface area (Å²) in [6, 6.07) is 2.80. The highest BCUT2D eigenvalue weighted by atomic mass is 32.2. The van der Waals surface area contributed by atoms with Crippen LogP contribution in [0.2, 0.25) is 0 Å². The third-order valence-corrected chi connectivity index (χ3v) is 4.67. The number of hydrogen-bond acceptors (Lipinski definition) is 3. The minimum absolute atomic E-state index is 0.0311. The van der Waals surface area contributed by atoms with E-state index in [9.17, 15) is 22.0 Å². The van der Waals surface area contributed by atoms with Crippen molar-refractivity contribution in [2.75, 3.05) is 18.1 Å². The lowest BCUT2D eigenvalue weighted by Gasteiger charge is -2.25. The van der Waals surface area contributed by atoms with Crippen molar-refractivity contribution in [1.29, 1.82) is 0 Å². The molecule has 1 aromatic rings. The first-order valence-electron chi connectivity index (χ1n) is 6.86. The fourth-order valence-corrected chi connectivity index (χ4v) is 3.15. The van der Waals surface area contributed by atoms with Crippen LogP contribution in [0.1, 0.15) is 26.7 Å². The van der Waals surface area contributed by atoms with Crippen molar-refractivity contribution in [1.82, 2.24) is 4.31 Å². The van der Waals surface area contributed by atoms with Gasteiger partial charge in [0.1, 0.15) is 0 Å². The summed E-state index contributed by atoms with van der Waals surface area (Å²) in [7, 11) is -3.41. The van der Waals surface area contributed by atoms with E-state index in [-0.39, 0.29) is 24.7 Å². The van der Waals surface area contributed by atoms with Crippen LogP contribution in [0, 0.1) is 11.6 Å². The molecule has 1 atom stereocenters. The molecule has 0 fully saturated rings. The Hall–Kier alpha value is -1.54. The highest BCUT2D eigenvalue weighted by molar-refractivity contribution is 7.88. The maximum Gasteiger partial charge on any atom is 0.225 e. The van der Waals surface area contributed by atoms with E-state index in [0.717, 1.165) is 18.4 Å². The van der Waals surface area contributed by atoms with Crippen LogP contribution in [0.5, 0.6) is 0 Å². The molecule has 0 aliphatic carbocycles. The molecule has 1 rings (SSSR count). The molecule has 0 heterocycles. The lowest BCUT2D eigenvalue weighted by molar-refractivity contribution is -0.116. The number of anilines is 1. The van der Waals surface area contributed by atoms with Crippen LogP contribution >= 0.6 is 0 Å². The van der Waals surface area contributed by atoms with Gasteiger partial charge in [-0.25, -0.2) is 17.2 Å². The Balaban J connectivity index is 2.66. The molecule has 0 spiro atoms. The summed E-state index contributed by atoms with van der Waals surface area (Å²) in [5.41, 5.74) is 0.123. The second-order valence-electron chi connectivity index (χ2n) is 5.06. The smallest absolute Gasteiger partial charge is 0.225 e. The second-order valence-corrected chi connectivity index (χ2v) is 6.99. The van der Waals surface area contributed by atoms with Gasteiger partial charge in [0.05, 0.1) is 6.26 Å². The SMILES string of the molecule is CCC(C)N(CCC(=O)Nc1ccc(F)c(F)c1)S(C)(=O)=O. The van der Waals surface area contributed by atoms with E-state index in [1.165, 1.54) is 10.4 Å². The highest BCUT2D eigenvalue weighted by Gasteiger charge is 2.22. The minimum atomic E-state index is -3.41. The Bertz CT molecular complexity index is 635. The van der Waals surface area contributed by atoms with Gasteiger partial charge in [-0.2, -0.15) is 4.31 Å². The summed E-state index contributed by atoms with van der Waals surface area (Å²) in [4.78, 5) is 11.8. The van der Waals surface area contributed by atoms with Gasteiger partial charge in [0.25, 0.3) is 0 Å². The van der Waals surface area contributed by atoms with Crippen molar-refractivity contribution in [2.45, 2.75) is 32.7 Å². The Morgan fingerprint density at radius 3 is 2.45 bits per heavy atom. The van der Waals surface area contributed by atoms with Gasteiger partial charge in [-0.05, 0) is 25.5 Å². The first-order chi connectivity index (χ1) is 10.1. The summed E-state index contributed by atoms with van der Waals surface area (Å²) in [6.07, 6.45) is 1.64. The van der Waals surface area contributed by atoms with Crippen molar-refractivity contribution in [3.63, 3.8) is 0 Å². The van der Waals surface area contributed by atoms with Crippen molar-refractivity contribution >= 4 is 21.6 Å². The molecule has 1 aromatic carbocycles. The number of amides is 1. The van der Waals surface area contributed by atoms with Gasteiger partial charge in [0.15, 0.2) is 11.6 Å². The standard InChI is InChI=1S/C14H20F2N2O3S/c1-4-10(2)18(22(3,20)21)8-7-14(19)17-11-5-6-12(15)13(16)9-11/h5-6,9-10H,4,7-8H2,1-3H3,(H,17,19). The molecule has 0 bridgehead atoms. The molecule has 1 N–H and O–H groups in total. The monoisotopic (exact) mass is 334 g/mol. The third kappa shape index (κ3) is 5.34. The number of hydrogen-bond donors (Lipinski definition) is 1. The summed E-state index contributed by atoms with van der Waals surface area (Å²) >= 11 is 0. The summed E-state index contributed by atoms with van der Waals surface area (Å²) in [5, 5.41) is 2.41. The molecule has 0 aromatic heterocycles. The summed E-state index contributed by atoms with van der Waals surface area (Å²) in [6.45, 7) is 3.64. The van der Waals surface area contributed by atoms with Crippen molar-refractivity contribution < 1.29 is 22.0 Å². The maximum absolute atomic E-state index is 13.0. The van der Waals surface area contributed by atoms with E-state index in [0.29, 0.717) is 6.42 Å². The van der Waals surface area contributed by atoms with Crippen molar-refractivity contribution in [3.05, 3.63) is 29.8 Å². The van der Waals surface area contributed by atoms with Crippen LogP contribution < -0.4 is 5.32 Å². The van der Waals surface area contributed by atoms with Gasteiger partial charge in [-0.1, -0.05) is 6.92 Å². The first kappa shape index (κ1) is 18.5. The maximum atomic E-state index is 13.0. The number of rotatable bonds is 7. The molecule has 0 saturated carbocycles. The third-order valence-electron chi connectivity index (χ3n) is 3.27. The molecule has 1 amide bonds. The predicted octanol–water partition coefficient (Wildman–Crippen LogP) is 2.35. The predicted molar refractivity (Wildman–Crippen MR) is 80.9 cm³/mol. The molecule has 8 heteroatoms. The molecule has 0 saturated heterocycles. The van der Waals surface area contributed by atoms with E-state index >= 15 is 0 Å². The Labute approximate surface area is 129 Å². The van der Waals surface area contributed by atoms with Crippen LogP contribution in [0.15, 0.2) is 18.2 Å². The van der Waals surface area contributed by atoms with Crippen molar-refractivity contribution in [3.8, 4) is 0 Å². The molecule has 124 valence electrons. The van der Waals surface area contributed by atoms with Crippen LogP contribution in [0.3, 0.4) is 0 Å². The van der Waals surface area contributed by atoms with E-state index in [4.69, 9.17) is 0 Å². The summed E-state index contributed by atoms with van der Waals surface area (Å²) < 4.78 is 50.4. The Morgan fingerprint density at radius 2 is 1.95 bits per heavy atom. The second kappa shape index (κ2) is 7.64. The van der Waals surface area contributed by atoms with Crippen molar-refractivity contribution in [2.24, 2.45) is 0 Å². The van der Waals surface area contributed by atoms with E-state index in [1.54, 1.807) is 6.92 Å². The average Bonchev–Trinajstić information content (AvgIpc) is 2.41. The number of benzene rings is 1. The molecule has 1 unspecified atom stereocenters. The number of nitrogens with one attached hydrogen (secondary N) is 1. The molecule has 5 nitrogen and oxygen atoms in total. The molecule has 22 heavy (non-hydrogen) atoms. The number of carbonyl (C=O) groups is 1. The fraction of sp³-hybridized carbons (Fsp3) is 0.500. The first-order valence-corrected chi connectivity index (χ1v) is 8.71. The molecule has 0 aliphatic heterocycles. The van der Waals surface area contributed by atoms with Crippen LogP contribution in [-0.2, 0) is 14.8 Å². The molecular formula is C14H20F2N2O3S. The van der Waals surface area contributed by atoms with Crippen LogP contribution in [-0.4, -0.2) is 37.5 Å². The highest BCUT2D eigenvalue weighted by Crippen LogP contribution is 2.14. The fourth-order valence-electron chi connectivity index (χ4n) is 1.93. The minimum Gasteiger partial charge on any atom is -0.326 e. The molecular weight excluding hydrogens is 314 g/mol. The quantitative estimate of drug-likeness (QED) is 0.832. The normalized spacial score (nSPS) is 13.2. The molecule has 0 radical (unpaired) electrons. The van der Waals surface area contributed by atoms with Crippen LogP contribution in [0.4, 0.5) is 14.5 Å². The number of nitrogens with zero attached hydrogens (tertiary/aromatic N) is 1. The van der Waals surface area contributed by atoms with Gasteiger partial charge in [-0.3, -0.25) is 4.79 Å². The number of sulfonamides is 1. The Morgan fingerprint density at radius 1 is 1.32 bits per heavy atom. The van der Waals surface area contributed by atoms with E-state index in [1.807, 2.05) is 6.92 Å². The number of carbonyl (C=O) groups excluding carboxylic acids is 1. The zero-order chi connectivity index (χ0) is 16.9. The lowest BCUT2D eigenvalue weighted by Crippen LogP contribution is -2.39. The van der Waals surface area contributed by atoms with Gasteiger partial charge >= 0.3 is 0 Å². The zero-order valence-corrected chi connectivity index (χ0v) is 13.6. The van der Waals surface area contributed by atoms with Gasteiger partial charge in [0, 0.05) is 30.8 Å². The topological polar surface area (TPSA) is 66.5 Å². The van der Waals surface area contributed by atoms with Crippen LogP contribution in [0.25, 0.3) is 0 Å². The average molecular weight is 334 g/mol. The van der Waals surface area contributed by atoms with E-state index in [2.05, 4.69) is 5.32 Å². The van der Waals surface area contributed by atoms with Gasteiger partial charge in [-0.15, -0.1) is 0 Å². The largest absolute Gasteiger partial charge is 0.326 e. The van der Waals surface area contributed by atoms with E-state index < -0.39 is 27.6 Å². The molecule has 0 aliphatic rings. The van der Waals surface area contributed by atoms with Gasteiger partial charge < -0.3 is 5.32 Å².